The van der Waals surface area contributed by atoms with Crippen molar-refractivity contribution in [1.29, 1.82) is 0 Å². The van der Waals surface area contributed by atoms with E-state index in [-0.39, 0.29) is 6.10 Å². The number of aliphatic hydroxyl groups excluding tert-OH is 1. The van der Waals surface area contributed by atoms with Crippen LogP contribution in [0.25, 0.3) is 0 Å². The van der Waals surface area contributed by atoms with Crippen LogP contribution in [0.15, 0.2) is 49.1 Å². The molecule has 0 aliphatic heterocycles. The molecular formula is C21H32O. The Bertz CT molecular complexity index is 357. The van der Waals surface area contributed by atoms with Crippen LogP contribution in [0.2, 0.25) is 0 Å². The summed E-state index contributed by atoms with van der Waals surface area (Å²) in [5.74, 6) is 2.81. The van der Waals surface area contributed by atoms with Gasteiger partial charge in [-0.15, -0.1) is 6.58 Å². The van der Waals surface area contributed by atoms with E-state index in [0.717, 1.165) is 30.6 Å². The van der Waals surface area contributed by atoms with E-state index in [2.05, 4.69) is 12.7 Å². The summed E-state index contributed by atoms with van der Waals surface area (Å²) < 4.78 is 0. The Labute approximate surface area is 136 Å². The van der Waals surface area contributed by atoms with Gasteiger partial charge in [-0.2, -0.15) is 0 Å². The highest BCUT2D eigenvalue weighted by Gasteiger charge is 2.29. The number of rotatable bonds is 3. The van der Waals surface area contributed by atoms with Crippen LogP contribution in [-0.2, 0) is 0 Å². The molecule has 0 bridgehead atoms. The van der Waals surface area contributed by atoms with Gasteiger partial charge < -0.3 is 5.11 Å². The maximum absolute atomic E-state index is 9.53. The van der Waals surface area contributed by atoms with Crippen LogP contribution in [0.1, 0.15) is 57.8 Å². The topological polar surface area (TPSA) is 20.2 Å². The first-order chi connectivity index (χ1) is 10.8. The van der Waals surface area contributed by atoms with Crippen molar-refractivity contribution in [2.45, 2.75) is 63.9 Å². The van der Waals surface area contributed by atoms with Crippen LogP contribution in [0.4, 0.5) is 0 Å². The molecular weight excluding hydrogens is 268 g/mol. The van der Waals surface area contributed by atoms with Crippen LogP contribution in [0.5, 0.6) is 0 Å². The molecule has 0 unspecified atom stereocenters. The van der Waals surface area contributed by atoms with E-state index in [1.54, 1.807) is 0 Å². The molecule has 0 spiro atoms. The van der Waals surface area contributed by atoms with Gasteiger partial charge in [0.1, 0.15) is 0 Å². The standard InChI is InChI=1S/C15H26O.C6H6/c1-2-3-12-4-6-13(7-5-12)14-8-10-15(16)11-9-14;1-2-4-6-5-3-1/h2,12-16H,1,3-11H2;1-6H. The number of hydrogen-bond acceptors (Lipinski definition) is 1. The predicted octanol–water partition coefficient (Wildman–Crippen LogP) is 5.61. The van der Waals surface area contributed by atoms with E-state index >= 15 is 0 Å². The minimum absolute atomic E-state index is 0.00774. The molecule has 2 aliphatic carbocycles. The summed E-state index contributed by atoms with van der Waals surface area (Å²) in [6, 6.07) is 12.0. The third-order valence-electron chi connectivity index (χ3n) is 5.47. The maximum atomic E-state index is 9.53. The number of benzene rings is 1. The molecule has 0 saturated heterocycles. The average molecular weight is 300 g/mol. The van der Waals surface area contributed by atoms with Gasteiger partial charge in [0.15, 0.2) is 0 Å². The molecule has 122 valence electrons. The molecule has 2 aliphatic rings. The quantitative estimate of drug-likeness (QED) is 0.720. The molecule has 0 radical (unpaired) electrons. The number of hydrogen-bond donors (Lipinski definition) is 1. The summed E-state index contributed by atoms with van der Waals surface area (Å²) >= 11 is 0. The van der Waals surface area contributed by atoms with Crippen molar-refractivity contribution < 1.29 is 5.11 Å². The SMILES string of the molecule is C=CCC1CCC(C2CCC(O)CC2)CC1.c1ccccc1. The van der Waals surface area contributed by atoms with Crippen molar-refractivity contribution in [3.8, 4) is 0 Å². The van der Waals surface area contributed by atoms with Gasteiger partial charge in [-0.1, -0.05) is 42.5 Å². The molecule has 1 aromatic carbocycles. The van der Waals surface area contributed by atoms with Gasteiger partial charge in [-0.25, -0.2) is 0 Å². The van der Waals surface area contributed by atoms with Crippen molar-refractivity contribution >= 4 is 0 Å². The second kappa shape index (κ2) is 9.84. The fourth-order valence-corrected chi connectivity index (χ4v) is 4.09. The van der Waals surface area contributed by atoms with Gasteiger partial charge in [0.25, 0.3) is 0 Å². The summed E-state index contributed by atoms with van der Waals surface area (Å²) in [6.07, 6.45) is 13.7. The summed E-state index contributed by atoms with van der Waals surface area (Å²) in [5.41, 5.74) is 0. The van der Waals surface area contributed by atoms with Crippen molar-refractivity contribution in [2.75, 3.05) is 0 Å². The minimum atomic E-state index is 0.00774. The van der Waals surface area contributed by atoms with Gasteiger partial charge in [0.05, 0.1) is 6.10 Å². The summed E-state index contributed by atoms with van der Waals surface area (Å²) in [6.45, 7) is 3.84. The lowest BCUT2D eigenvalue weighted by Gasteiger charge is -2.36. The Balaban J connectivity index is 0.000000246. The van der Waals surface area contributed by atoms with Crippen molar-refractivity contribution in [3.63, 3.8) is 0 Å². The normalized spacial score (nSPS) is 31.7. The Morgan fingerprint density at radius 3 is 1.55 bits per heavy atom. The lowest BCUT2D eigenvalue weighted by molar-refractivity contribution is 0.0772. The first-order valence-electron chi connectivity index (χ1n) is 9.08. The maximum Gasteiger partial charge on any atom is 0.0540 e. The van der Waals surface area contributed by atoms with Crippen molar-refractivity contribution in [2.24, 2.45) is 17.8 Å². The first-order valence-corrected chi connectivity index (χ1v) is 9.08. The van der Waals surface area contributed by atoms with Crippen LogP contribution >= 0.6 is 0 Å². The highest BCUT2D eigenvalue weighted by molar-refractivity contribution is 4.99. The zero-order valence-corrected chi connectivity index (χ0v) is 13.9. The van der Waals surface area contributed by atoms with Gasteiger partial charge in [0, 0.05) is 0 Å². The molecule has 1 aromatic rings. The second-order valence-electron chi connectivity index (χ2n) is 7.03. The molecule has 0 aromatic heterocycles. The Morgan fingerprint density at radius 1 is 0.727 bits per heavy atom. The fraction of sp³-hybridized carbons (Fsp3) is 0.619. The third-order valence-corrected chi connectivity index (χ3v) is 5.47. The van der Waals surface area contributed by atoms with E-state index in [4.69, 9.17) is 0 Å². The number of allylic oxidation sites excluding steroid dienone is 1. The molecule has 1 nitrogen and oxygen atoms in total. The van der Waals surface area contributed by atoms with Crippen LogP contribution in [0, 0.1) is 17.8 Å². The van der Waals surface area contributed by atoms with Crippen LogP contribution < -0.4 is 0 Å². The third kappa shape index (κ3) is 5.96. The highest BCUT2D eigenvalue weighted by atomic mass is 16.3. The molecule has 0 heterocycles. The predicted molar refractivity (Wildman–Crippen MR) is 94.7 cm³/mol. The van der Waals surface area contributed by atoms with Gasteiger partial charge in [-0.3, -0.25) is 0 Å². The molecule has 2 saturated carbocycles. The molecule has 2 fully saturated rings. The van der Waals surface area contributed by atoms with E-state index in [1.807, 2.05) is 36.4 Å². The summed E-state index contributed by atoms with van der Waals surface area (Å²) in [5, 5.41) is 9.53. The Hall–Kier alpha value is -1.08. The lowest BCUT2D eigenvalue weighted by Crippen LogP contribution is -2.27. The minimum Gasteiger partial charge on any atom is -0.393 e. The van der Waals surface area contributed by atoms with Crippen molar-refractivity contribution in [3.05, 3.63) is 49.1 Å². The smallest absolute Gasteiger partial charge is 0.0540 e. The zero-order chi connectivity index (χ0) is 15.6. The first kappa shape index (κ1) is 17.3. The summed E-state index contributed by atoms with van der Waals surface area (Å²) in [7, 11) is 0. The largest absolute Gasteiger partial charge is 0.393 e. The van der Waals surface area contributed by atoms with Gasteiger partial charge in [0.2, 0.25) is 0 Å². The highest BCUT2D eigenvalue weighted by Crippen LogP contribution is 2.40. The van der Waals surface area contributed by atoms with E-state index < -0.39 is 0 Å². The van der Waals surface area contributed by atoms with Gasteiger partial charge in [-0.05, 0) is 75.5 Å². The molecule has 1 N–H and O–H groups in total. The molecule has 22 heavy (non-hydrogen) atoms. The zero-order valence-electron chi connectivity index (χ0n) is 13.9. The van der Waals surface area contributed by atoms with Crippen molar-refractivity contribution in [1.82, 2.24) is 0 Å². The average Bonchev–Trinajstić information content (AvgIpc) is 2.59. The molecule has 0 atom stereocenters. The fourth-order valence-electron chi connectivity index (χ4n) is 4.09. The molecule has 3 rings (SSSR count). The number of aliphatic hydroxyl groups is 1. The van der Waals surface area contributed by atoms with Gasteiger partial charge >= 0.3 is 0 Å². The van der Waals surface area contributed by atoms with Crippen LogP contribution in [0.3, 0.4) is 0 Å². The monoisotopic (exact) mass is 300 g/mol. The van der Waals surface area contributed by atoms with E-state index in [9.17, 15) is 5.11 Å². The molecule has 1 heteroatoms. The summed E-state index contributed by atoms with van der Waals surface area (Å²) in [4.78, 5) is 0. The second-order valence-corrected chi connectivity index (χ2v) is 7.03. The molecule has 0 amide bonds. The van der Waals surface area contributed by atoms with Crippen LogP contribution in [-0.4, -0.2) is 11.2 Å². The van der Waals surface area contributed by atoms with E-state index in [1.165, 1.54) is 44.9 Å². The van der Waals surface area contributed by atoms with E-state index in [0.29, 0.717) is 0 Å². The lowest BCUT2D eigenvalue weighted by atomic mass is 9.70. The Kier molecular flexibility index (Phi) is 7.73. The Morgan fingerprint density at radius 2 is 1.14 bits per heavy atom.